The number of rotatable bonds is 4. The van der Waals surface area contributed by atoms with Crippen molar-refractivity contribution in [1.82, 2.24) is 20.0 Å². The fraction of sp³-hybridized carbons (Fsp3) is 0.385. The van der Waals surface area contributed by atoms with Crippen molar-refractivity contribution in [1.29, 1.82) is 0 Å². The Labute approximate surface area is 121 Å². The molecule has 0 spiro atoms. The van der Waals surface area contributed by atoms with Crippen LogP contribution in [0, 0.1) is 0 Å². The molecule has 2 rings (SSSR count). The second-order valence-corrected chi connectivity index (χ2v) is 5.12. The Bertz CT molecular complexity index is 612. The summed E-state index contributed by atoms with van der Waals surface area (Å²) < 4.78 is 5.11. The van der Waals surface area contributed by atoms with Gasteiger partial charge in [-0.1, -0.05) is 30.6 Å². The lowest BCUT2D eigenvalue weighted by Crippen LogP contribution is -2.26. The summed E-state index contributed by atoms with van der Waals surface area (Å²) in [6, 6.07) is 1.58. The van der Waals surface area contributed by atoms with Gasteiger partial charge in [0.05, 0.1) is 17.1 Å². The Hall–Kier alpha value is -1.95. The average Bonchev–Trinajstić information content (AvgIpc) is 2.87. The summed E-state index contributed by atoms with van der Waals surface area (Å²) in [5.74, 6) is 0.988. The molecule has 1 amide bonds. The fourth-order valence-electron chi connectivity index (χ4n) is 1.60. The van der Waals surface area contributed by atoms with E-state index in [2.05, 4.69) is 15.1 Å². The number of halogens is 1. The summed E-state index contributed by atoms with van der Waals surface area (Å²) >= 11 is 5.95. The van der Waals surface area contributed by atoms with Gasteiger partial charge < -0.3 is 9.42 Å². The third-order valence-corrected chi connectivity index (χ3v) is 3.02. The molecule has 0 unspecified atom stereocenters. The van der Waals surface area contributed by atoms with Crippen LogP contribution in [0.1, 0.15) is 41.8 Å². The molecule has 0 aromatic carbocycles. The molecule has 7 heteroatoms. The lowest BCUT2D eigenvalue weighted by Gasteiger charge is -2.15. The molecule has 20 heavy (non-hydrogen) atoms. The van der Waals surface area contributed by atoms with Crippen LogP contribution in [0.2, 0.25) is 5.02 Å². The molecular formula is C13H15ClN4O2. The minimum absolute atomic E-state index is 0.183. The van der Waals surface area contributed by atoms with E-state index in [1.165, 1.54) is 17.3 Å². The first kappa shape index (κ1) is 14.5. The SMILES string of the molecule is CC(C)c1noc(CN(C)C(=O)c2ccncc2Cl)n1. The zero-order chi connectivity index (χ0) is 14.7. The minimum atomic E-state index is -0.221. The van der Waals surface area contributed by atoms with Crippen LogP contribution in [0.5, 0.6) is 0 Å². The number of amides is 1. The second-order valence-electron chi connectivity index (χ2n) is 4.72. The van der Waals surface area contributed by atoms with Gasteiger partial charge in [0.15, 0.2) is 5.82 Å². The number of aromatic nitrogens is 3. The summed E-state index contributed by atoms with van der Waals surface area (Å²) in [5.41, 5.74) is 0.396. The van der Waals surface area contributed by atoms with Crippen molar-refractivity contribution in [3.63, 3.8) is 0 Å². The van der Waals surface area contributed by atoms with Gasteiger partial charge in [-0.05, 0) is 6.07 Å². The molecule has 0 aliphatic carbocycles. The smallest absolute Gasteiger partial charge is 0.255 e. The van der Waals surface area contributed by atoms with Gasteiger partial charge in [-0.15, -0.1) is 0 Å². The zero-order valence-corrected chi connectivity index (χ0v) is 12.3. The Morgan fingerprint density at radius 3 is 2.85 bits per heavy atom. The summed E-state index contributed by atoms with van der Waals surface area (Å²) in [6.45, 7) is 4.18. The Morgan fingerprint density at radius 1 is 1.50 bits per heavy atom. The molecule has 0 fully saturated rings. The van der Waals surface area contributed by atoms with Crippen molar-refractivity contribution in [3.8, 4) is 0 Å². The zero-order valence-electron chi connectivity index (χ0n) is 11.5. The third kappa shape index (κ3) is 3.14. The van der Waals surface area contributed by atoms with Crippen molar-refractivity contribution in [3.05, 3.63) is 40.8 Å². The molecule has 0 aliphatic heterocycles. The molecule has 6 nitrogen and oxygen atoms in total. The van der Waals surface area contributed by atoms with E-state index in [4.69, 9.17) is 16.1 Å². The highest BCUT2D eigenvalue weighted by Gasteiger charge is 2.18. The van der Waals surface area contributed by atoms with Gasteiger partial charge in [-0.25, -0.2) is 0 Å². The predicted octanol–water partition coefficient (Wildman–Crippen LogP) is 2.51. The molecule has 0 atom stereocenters. The molecule has 106 valence electrons. The van der Waals surface area contributed by atoms with E-state index < -0.39 is 0 Å². The molecule has 0 saturated heterocycles. The first-order valence-electron chi connectivity index (χ1n) is 6.16. The first-order chi connectivity index (χ1) is 9.49. The van der Waals surface area contributed by atoms with Crippen LogP contribution in [0.3, 0.4) is 0 Å². The predicted molar refractivity (Wildman–Crippen MR) is 73.4 cm³/mol. The molecule has 2 heterocycles. The number of carbonyl (C=O) groups is 1. The maximum atomic E-state index is 12.2. The second kappa shape index (κ2) is 6.00. The van der Waals surface area contributed by atoms with Crippen molar-refractivity contribution in [2.75, 3.05) is 7.05 Å². The number of nitrogens with zero attached hydrogens (tertiary/aromatic N) is 4. The standard InChI is InChI=1S/C13H15ClN4O2/c1-8(2)12-16-11(20-17-12)7-18(3)13(19)9-4-5-15-6-10(9)14/h4-6,8H,7H2,1-3H3. The molecule has 0 N–H and O–H groups in total. The number of hydrogen-bond acceptors (Lipinski definition) is 5. The maximum absolute atomic E-state index is 12.2. The Morgan fingerprint density at radius 2 is 2.25 bits per heavy atom. The van der Waals surface area contributed by atoms with Gasteiger partial charge in [0.2, 0.25) is 5.89 Å². The van der Waals surface area contributed by atoms with E-state index in [9.17, 15) is 4.79 Å². The Kier molecular flexibility index (Phi) is 4.34. The van der Waals surface area contributed by atoms with Crippen molar-refractivity contribution in [2.24, 2.45) is 0 Å². The van der Waals surface area contributed by atoms with Gasteiger partial charge in [0.1, 0.15) is 0 Å². The summed E-state index contributed by atoms with van der Waals surface area (Å²) in [7, 11) is 1.65. The van der Waals surface area contributed by atoms with Gasteiger partial charge in [0.25, 0.3) is 5.91 Å². The quantitative estimate of drug-likeness (QED) is 0.866. The van der Waals surface area contributed by atoms with Crippen LogP contribution in [-0.4, -0.2) is 33.0 Å². The van der Waals surface area contributed by atoms with Crippen molar-refractivity contribution in [2.45, 2.75) is 26.3 Å². The van der Waals surface area contributed by atoms with Gasteiger partial charge in [-0.2, -0.15) is 4.98 Å². The lowest BCUT2D eigenvalue weighted by atomic mass is 10.2. The molecule has 0 aliphatic rings. The van der Waals surface area contributed by atoms with Crippen LogP contribution in [0.25, 0.3) is 0 Å². The van der Waals surface area contributed by atoms with E-state index in [1.807, 2.05) is 13.8 Å². The van der Waals surface area contributed by atoms with Crippen LogP contribution in [-0.2, 0) is 6.54 Å². The summed E-state index contributed by atoms with van der Waals surface area (Å²) in [4.78, 5) is 21.8. The minimum Gasteiger partial charge on any atom is -0.337 e. The highest BCUT2D eigenvalue weighted by molar-refractivity contribution is 6.33. The molecule has 0 bridgehead atoms. The molecule has 2 aromatic heterocycles. The lowest BCUT2D eigenvalue weighted by molar-refractivity contribution is 0.0769. The van der Waals surface area contributed by atoms with Crippen LogP contribution < -0.4 is 0 Å². The molecular weight excluding hydrogens is 280 g/mol. The van der Waals surface area contributed by atoms with E-state index >= 15 is 0 Å². The van der Waals surface area contributed by atoms with E-state index in [1.54, 1.807) is 13.1 Å². The van der Waals surface area contributed by atoms with Gasteiger partial charge in [-0.3, -0.25) is 9.78 Å². The number of carbonyl (C=O) groups excluding carboxylic acids is 1. The summed E-state index contributed by atoms with van der Waals surface area (Å²) in [6.07, 6.45) is 2.96. The number of hydrogen-bond donors (Lipinski definition) is 0. The van der Waals surface area contributed by atoms with Crippen LogP contribution in [0.15, 0.2) is 23.0 Å². The average molecular weight is 295 g/mol. The molecule has 2 aromatic rings. The monoisotopic (exact) mass is 294 g/mol. The first-order valence-corrected chi connectivity index (χ1v) is 6.54. The van der Waals surface area contributed by atoms with E-state index in [0.29, 0.717) is 22.3 Å². The van der Waals surface area contributed by atoms with Crippen molar-refractivity contribution >= 4 is 17.5 Å². The molecule has 0 radical (unpaired) electrons. The Balaban J connectivity index is 2.09. The van der Waals surface area contributed by atoms with Crippen LogP contribution in [0.4, 0.5) is 0 Å². The van der Waals surface area contributed by atoms with Gasteiger partial charge in [0, 0.05) is 25.4 Å². The largest absolute Gasteiger partial charge is 0.337 e. The topological polar surface area (TPSA) is 72.1 Å². The molecule has 0 saturated carbocycles. The van der Waals surface area contributed by atoms with Gasteiger partial charge >= 0.3 is 0 Å². The highest BCUT2D eigenvalue weighted by Crippen LogP contribution is 2.16. The highest BCUT2D eigenvalue weighted by atomic mass is 35.5. The van der Waals surface area contributed by atoms with E-state index in [0.717, 1.165) is 0 Å². The van der Waals surface area contributed by atoms with Crippen LogP contribution >= 0.6 is 11.6 Å². The maximum Gasteiger partial charge on any atom is 0.255 e. The fourth-order valence-corrected chi connectivity index (χ4v) is 1.80. The third-order valence-electron chi connectivity index (χ3n) is 2.72. The summed E-state index contributed by atoms with van der Waals surface area (Å²) in [5, 5.41) is 4.18. The normalized spacial score (nSPS) is 10.8. The number of pyridine rings is 1. The van der Waals surface area contributed by atoms with Crippen molar-refractivity contribution < 1.29 is 9.32 Å². The van der Waals surface area contributed by atoms with E-state index in [-0.39, 0.29) is 18.4 Å².